The van der Waals surface area contributed by atoms with E-state index >= 15 is 0 Å². The van der Waals surface area contributed by atoms with E-state index in [1.807, 2.05) is 48.7 Å². The van der Waals surface area contributed by atoms with Crippen molar-refractivity contribution in [3.8, 4) is 16.9 Å². The van der Waals surface area contributed by atoms with Crippen LogP contribution >= 0.6 is 22.6 Å². The van der Waals surface area contributed by atoms with Gasteiger partial charge in [-0.05, 0) is 51.9 Å². The molecule has 0 spiro atoms. The van der Waals surface area contributed by atoms with Crippen molar-refractivity contribution >= 4 is 33.5 Å². The summed E-state index contributed by atoms with van der Waals surface area (Å²) < 4.78 is 6.90. The predicted molar refractivity (Wildman–Crippen MR) is 103 cm³/mol. The van der Waals surface area contributed by atoms with Crippen molar-refractivity contribution in [2.75, 3.05) is 0 Å². The molecule has 0 aliphatic heterocycles. The summed E-state index contributed by atoms with van der Waals surface area (Å²) in [6, 6.07) is 18.3. The fourth-order valence-corrected chi connectivity index (χ4v) is 3.11. The second-order valence-corrected chi connectivity index (χ2v) is 6.53. The Morgan fingerprint density at radius 2 is 1.83 bits per heavy atom. The van der Waals surface area contributed by atoms with Crippen LogP contribution in [0, 0.1) is 3.70 Å². The van der Waals surface area contributed by atoms with Gasteiger partial charge in [-0.25, -0.2) is 0 Å². The van der Waals surface area contributed by atoms with E-state index in [0.29, 0.717) is 6.61 Å². The molecule has 2 aromatic heterocycles. The Labute approximate surface area is 153 Å². The van der Waals surface area contributed by atoms with Crippen molar-refractivity contribution < 1.29 is 4.74 Å². The smallest absolute Gasteiger partial charge is 0.138 e. The number of hydrogen-bond donors (Lipinski definition) is 1. The normalized spacial score (nSPS) is 10.9. The summed E-state index contributed by atoms with van der Waals surface area (Å²) >= 11 is 2.26. The molecule has 0 aliphatic rings. The average Bonchev–Trinajstić information content (AvgIpc) is 3.02. The molecule has 0 fully saturated rings. The molecule has 0 radical (unpaired) electrons. The van der Waals surface area contributed by atoms with Crippen molar-refractivity contribution in [1.82, 2.24) is 15.2 Å². The minimum atomic E-state index is 0.532. The molecular formula is C19H14IN3O. The molecule has 2 aromatic carbocycles. The molecule has 24 heavy (non-hydrogen) atoms. The topological polar surface area (TPSA) is 50.8 Å². The van der Waals surface area contributed by atoms with Crippen LogP contribution in [-0.4, -0.2) is 15.2 Å². The molecule has 4 aromatic rings. The maximum absolute atomic E-state index is 5.87. The van der Waals surface area contributed by atoms with Gasteiger partial charge >= 0.3 is 0 Å². The number of halogens is 1. The van der Waals surface area contributed by atoms with Crippen LogP contribution in [0.15, 0.2) is 67.0 Å². The minimum Gasteiger partial charge on any atom is -0.487 e. The Morgan fingerprint density at radius 3 is 2.71 bits per heavy atom. The molecule has 0 bridgehead atoms. The van der Waals surface area contributed by atoms with Crippen LogP contribution in [0.4, 0.5) is 0 Å². The van der Waals surface area contributed by atoms with E-state index in [1.54, 1.807) is 6.20 Å². The van der Waals surface area contributed by atoms with Gasteiger partial charge in [-0.15, -0.1) is 0 Å². The molecule has 5 heteroatoms. The summed E-state index contributed by atoms with van der Waals surface area (Å²) in [6.07, 6.45) is 3.59. The lowest BCUT2D eigenvalue weighted by Gasteiger charge is -2.08. The Balaban J connectivity index is 1.60. The zero-order valence-electron chi connectivity index (χ0n) is 12.7. The van der Waals surface area contributed by atoms with Crippen molar-refractivity contribution in [2.45, 2.75) is 6.61 Å². The molecule has 2 heterocycles. The summed E-state index contributed by atoms with van der Waals surface area (Å²) in [5.74, 6) is 0.762. The van der Waals surface area contributed by atoms with Crippen molar-refractivity contribution in [3.05, 3.63) is 76.3 Å². The molecule has 0 saturated heterocycles. The molecule has 4 rings (SSSR count). The lowest BCUT2D eigenvalue weighted by molar-refractivity contribution is 0.305. The first-order valence-electron chi connectivity index (χ1n) is 7.55. The van der Waals surface area contributed by atoms with Gasteiger partial charge in [0.1, 0.15) is 16.1 Å². The van der Waals surface area contributed by atoms with Gasteiger partial charge in [-0.1, -0.05) is 36.4 Å². The van der Waals surface area contributed by atoms with Crippen LogP contribution in [0.2, 0.25) is 0 Å². The Kier molecular flexibility index (Phi) is 4.17. The van der Waals surface area contributed by atoms with Gasteiger partial charge in [0, 0.05) is 17.1 Å². The Morgan fingerprint density at radius 1 is 0.958 bits per heavy atom. The van der Waals surface area contributed by atoms with Gasteiger partial charge in [0.25, 0.3) is 0 Å². The van der Waals surface area contributed by atoms with Crippen LogP contribution in [0.25, 0.3) is 22.0 Å². The summed E-state index contributed by atoms with van der Waals surface area (Å²) in [5, 5.41) is 8.38. The summed E-state index contributed by atoms with van der Waals surface area (Å²) in [6.45, 7) is 0.532. The number of nitrogens with zero attached hydrogens (tertiary/aromatic N) is 2. The number of rotatable bonds is 4. The van der Waals surface area contributed by atoms with Gasteiger partial charge in [-0.3, -0.25) is 10.1 Å². The van der Waals surface area contributed by atoms with Crippen molar-refractivity contribution in [3.63, 3.8) is 0 Å². The van der Waals surface area contributed by atoms with E-state index in [1.165, 1.54) is 0 Å². The molecule has 0 amide bonds. The summed E-state index contributed by atoms with van der Waals surface area (Å²) in [5.41, 5.74) is 4.23. The number of aromatic amines is 1. The predicted octanol–water partition coefficient (Wildman–Crippen LogP) is 4.81. The molecule has 0 aliphatic carbocycles. The quantitative estimate of drug-likeness (QED) is 0.476. The standard InChI is InChI=1S/C19H14IN3O/c20-19-17-9-14(6-7-18(17)22-23-19)15-8-16(11-21-10-15)24-12-13-4-2-1-3-5-13/h1-11H,12H2,(H,22,23). The number of benzene rings is 2. The van der Waals surface area contributed by atoms with Crippen LogP contribution in [0.5, 0.6) is 5.75 Å². The zero-order valence-corrected chi connectivity index (χ0v) is 14.9. The summed E-state index contributed by atoms with van der Waals surface area (Å²) in [7, 11) is 0. The summed E-state index contributed by atoms with van der Waals surface area (Å²) in [4.78, 5) is 4.31. The largest absolute Gasteiger partial charge is 0.487 e. The van der Waals surface area contributed by atoms with Gasteiger partial charge < -0.3 is 4.74 Å². The van der Waals surface area contributed by atoms with E-state index in [9.17, 15) is 0 Å². The highest BCUT2D eigenvalue weighted by Crippen LogP contribution is 2.27. The highest BCUT2D eigenvalue weighted by Gasteiger charge is 2.06. The third-order valence-corrected chi connectivity index (χ3v) is 4.62. The number of pyridine rings is 1. The van der Waals surface area contributed by atoms with Gasteiger partial charge in [-0.2, -0.15) is 5.10 Å². The first kappa shape index (κ1) is 15.1. The van der Waals surface area contributed by atoms with E-state index in [-0.39, 0.29) is 0 Å². The molecule has 1 N–H and O–H groups in total. The first-order chi connectivity index (χ1) is 11.8. The third kappa shape index (κ3) is 3.12. The first-order valence-corrected chi connectivity index (χ1v) is 8.63. The van der Waals surface area contributed by atoms with Crippen LogP contribution < -0.4 is 4.74 Å². The molecule has 0 atom stereocenters. The third-order valence-electron chi connectivity index (χ3n) is 3.80. The highest BCUT2D eigenvalue weighted by molar-refractivity contribution is 14.1. The highest BCUT2D eigenvalue weighted by atomic mass is 127. The average molecular weight is 427 g/mol. The maximum Gasteiger partial charge on any atom is 0.138 e. The minimum absolute atomic E-state index is 0.532. The molecule has 0 unspecified atom stereocenters. The van der Waals surface area contributed by atoms with Crippen LogP contribution in [0.3, 0.4) is 0 Å². The lowest BCUT2D eigenvalue weighted by Crippen LogP contribution is -1.95. The number of H-pyrrole nitrogens is 1. The fourth-order valence-electron chi connectivity index (χ4n) is 2.55. The number of aromatic nitrogens is 3. The number of nitrogens with one attached hydrogen (secondary N) is 1. The SMILES string of the molecule is Ic1[nH]nc2ccc(-c3cncc(OCc4ccccc4)c3)cc12. The second-order valence-electron chi connectivity index (χ2n) is 5.45. The van der Waals surface area contributed by atoms with E-state index in [0.717, 1.165) is 37.0 Å². The number of hydrogen-bond acceptors (Lipinski definition) is 3. The maximum atomic E-state index is 5.87. The molecular weight excluding hydrogens is 413 g/mol. The monoisotopic (exact) mass is 427 g/mol. The number of fused-ring (bicyclic) bond motifs is 1. The Hall–Kier alpha value is -2.41. The zero-order chi connectivity index (χ0) is 16.4. The lowest BCUT2D eigenvalue weighted by atomic mass is 10.1. The van der Waals surface area contributed by atoms with Gasteiger partial charge in [0.2, 0.25) is 0 Å². The van der Waals surface area contributed by atoms with Crippen molar-refractivity contribution in [2.24, 2.45) is 0 Å². The second kappa shape index (κ2) is 6.60. The molecule has 118 valence electrons. The van der Waals surface area contributed by atoms with E-state index in [4.69, 9.17) is 4.74 Å². The van der Waals surface area contributed by atoms with Gasteiger partial charge in [0.15, 0.2) is 0 Å². The Bertz CT molecular complexity index is 982. The molecule has 0 saturated carbocycles. The van der Waals surface area contributed by atoms with E-state index < -0.39 is 0 Å². The molecule has 4 nitrogen and oxygen atoms in total. The van der Waals surface area contributed by atoms with E-state index in [2.05, 4.69) is 49.9 Å². The van der Waals surface area contributed by atoms with Crippen molar-refractivity contribution in [1.29, 1.82) is 0 Å². The van der Waals surface area contributed by atoms with Gasteiger partial charge in [0.05, 0.1) is 11.7 Å². The number of ether oxygens (including phenoxy) is 1. The van der Waals surface area contributed by atoms with Crippen LogP contribution in [0.1, 0.15) is 5.56 Å². The fraction of sp³-hybridized carbons (Fsp3) is 0.0526. The van der Waals surface area contributed by atoms with Crippen LogP contribution in [-0.2, 0) is 6.61 Å².